The lowest BCUT2D eigenvalue weighted by Gasteiger charge is -2.10. The SMILES string of the molecule is N=S(=O)(O)c1ccc(NC(=S)NC(=O)c2ccc(F)cc2)cc1. The Bertz CT molecular complexity index is 835. The summed E-state index contributed by atoms with van der Waals surface area (Å²) in [7, 11) is -3.77. The summed E-state index contributed by atoms with van der Waals surface area (Å²) < 4.78 is 40.1. The molecule has 23 heavy (non-hydrogen) atoms. The molecule has 2 aromatic rings. The third-order valence-corrected chi connectivity index (χ3v) is 3.88. The fourth-order valence-electron chi connectivity index (χ4n) is 1.66. The zero-order valence-corrected chi connectivity index (χ0v) is 13.2. The van der Waals surface area contributed by atoms with E-state index in [1.165, 1.54) is 36.4 Å². The van der Waals surface area contributed by atoms with E-state index < -0.39 is 21.7 Å². The number of amides is 1. The van der Waals surface area contributed by atoms with Crippen LogP contribution in [-0.4, -0.2) is 19.8 Å². The second-order valence-electron chi connectivity index (χ2n) is 4.47. The summed E-state index contributed by atoms with van der Waals surface area (Å²) in [6.07, 6.45) is 0. The summed E-state index contributed by atoms with van der Waals surface area (Å²) in [4.78, 5) is 11.8. The molecule has 0 radical (unpaired) electrons. The minimum Gasteiger partial charge on any atom is -0.332 e. The molecule has 4 N–H and O–H groups in total. The van der Waals surface area contributed by atoms with Crippen LogP contribution >= 0.6 is 12.2 Å². The molecule has 2 rings (SSSR count). The highest BCUT2D eigenvalue weighted by atomic mass is 32.2. The maximum absolute atomic E-state index is 12.8. The summed E-state index contributed by atoms with van der Waals surface area (Å²) in [5.74, 6) is -0.944. The molecule has 0 fully saturated rings. The van der Waals surface area contributed by atoms with Crippen LogP contribution in [0.2, 0.25) is 0 Å². The molecule has 0 spiro atoms. The van der Waals surface area contributed by atoms with Gasteiger partial charge in [-0.25, -0.2) is 13.4 Å². The summed E-state index contributed by atoms with van der Waals surface area (Å²) in [6.45, 7) is 0. The van der Waals surface area contributed by atoms with Gasteiger partial charge in [0.05, 0.1) is 4.90 Å². The average molecular weight is 353 g/mol. The lowest BCUT2D eigenvalue weighted by atomic mass is 10.2. The first-order valence-electron chi connectivity index (χ1n) is 6.25. The Kier molecular flexibility index (Phi) is 5.04. The van der Waals surface area contributed by atoms with Crippen LogP contribution in [-0.2, 0) is 10.0 Å². The monoisotopic (exact) mass is 353 g/mol. The number of halogens is 1. The van der Waals surface area contributed by atoms with Crippen LogP contribution in [0.4, 0.5) is 10.1 Å². The van der Waals surface area contributed by atoms with E-state index in [2.05, 4.69) is 10.6 Å². The van der Waals surface area contributed by atoms with Crippen LogP contribution in [0.3, 0.4) is 0 Å². The molecule has 0 aromatic heterocycles. The van der Waals surface area contributed by atoms with Gasteiger partial charge in [-0.15, -0.1) is 0 Å². The van der Waals surface area contributed by atoms with Crippen molar-refractivity contribution in [3.63, 3.8) is 0 Å². The molecule has 0 aliphatic heterocycles. The van der Waals surface area contributed by atoms with Crippen molar-refractivity contribution >= 4 is 38.9 Å². The zero-order valence-electron chi connectivity index (χ0n) is 11.6. The lowest BCUT2D eigenvalue weighted by molar-refractivity contribution is 0.0977. The van der Waals surface area contributed by atoms with Crippen molar-refractivity contribution in [3.8, 4) is 0 Å². The van der Waals surface area contributed by atoms with Gasteiger partial charge in [-0.2, -0.15) is 0 Å². The predicted octanol–water partition coefficient (Wildman–Crippen LogP) is 2.83. The van der Waals surface area contributed by atoms with Crippen LogP contribution in [0.15, 0.2) is 53.4 Å². The van der Waals surface area contributed by atoms with Crippen LogP contribution in [0.1, 0.15) is 10.4 Å². The number of benzene rings is 2. The van der Waals surface area contributed by atoms with Crippen LogP contribution in [0.25, 0.3) is 0 Å². The molecule has 6 nitrogen and oxygen atoms in total. The first kappa shape index (κ1) is 17.0. The number of carbonyl (C=O) groups is 1. The van der Waals surface area contributed by atoms with E-state index >= 15 is 0 Å². The van der Waals surface area contributed by atoms with Gasteiger partial charge in [0.2, 0.25) is 0 Å². The summed E-state index contributed by atoms with van der Waals surface area (Å²) >= 11 is 4.98. The zero-order chi connectivity index (χ0) is 17.0. The van der Waals surface area contributed by atoms with Gasteiger partial charge in [-0.05, 0) is 60.7 Å². The fraction of sp³-hybridized carbons (Fsp3) is 0. The molecule has 0 aliphatic rings. The predicted molar refractivity (Wildman–Crippen MR) is 88.3 cm³/mol. The van der Waals surface area contributed by atoms with E-state index in [1.807, 2.05) is 0 Å². The van der Waals surface area contributed by atoms with Gasteiger partial charge < -0.3 is 5.32 Å². The molecule has 9 heteroatoms. The van der Waals surface area contributed by atoms with Crippen molar-refractivity contribution in [3.05, 3.63) is 59.9 Å². The van der Waals surface area contributed by atoms with Gasteiger partial charge in [0.1, 0.15) is 5.82 Å². The van der Waals surface area contributed by atoms with Crippen molar-refractivity contribution in [2.75, 3.05) is 5.32 Å². The number of anilines is 1. The molecule has 2 aromatic carbocycles. The van der Waals surface area contributed by atoms with Crippen molar-refractivity contribution in [1.29, 1.82) is 4.78 Å². The van der Waals surface area contributed by atoms with Gasteiger partial charge in [0.15, 0.2) is 15.1 Å². The minimum atomic E-state index is -3.77. The van der Waals surface area contributed by atoms with Gasteiger partial charge in [0.25, 0.3) is 5.91 Å². The van der Waals surface area contributed by atoms with E-state index in [4.69, 9.17) is 21.6 Å². The van der Waals surface area contributed by atoms with Crippen LogP contribution in [0.5, 0.6) is 0 Å². The first-order valence-corrected chi connectivity index (χ1v) is 8.17. The minimum absolute atomic E-state index is 0.0164. The molecule has 0 saturated carbocycles. The summed E-state index contributed by atoms with van der Waals surface area (Å²) in [5.41, 5.74) is 0.724. The smallest absolute Gasteiger partial charge is 0.257 e. The standard InChI is InChI=1S/C14H12FN3O3S2/c15-10-3-1-9(2-4-10)13(19)18-14(22)17-11-5-7-12(8-6-11)23(16,20)21/h1-8H,(H2,16,20,21)(H2,17,18,19,22). The fourth-order valence-corrected chi connectivity index (χ4v) is 2.38. The Labute approximate surface area is 137 Å². The van der Waals surface area contributed by atoms with Gasteiger partial charge in [-0.3, -0.25) is 14.7 Å². The van der Waals surface area contributed by atoms with Crippen molar-refractivity contribution in [2.24, 2.45) is 0 Å². The second kappa shape index (κ2) is 6.82. The molecule has 0 heterocycles. The molecule has 0 bridgehead atoms. The molecule has 1 atom stereocenters. The molecular formula is C14H12FN3O3S2. The van der Waals surface area contributed by atoms with Gasteiger partial charge in [0, 0.05) is 11.3 Å². The Balaban J connectivity index is 1.99. The highest BCUT2D eigenvalue weighted by Gasteiger charge is 2.09. The quantitative estimate of drug-likeness (QED) is 0.636. The average Bonchev–Trinajstić information content (AvgIpc) is 2.47. The second-order valence-corrected chi connectivity index (χ2v) is 6.40. The third kappa shape index (κ3) is 4.81. The number of carbonyl (C=O) groups excluding carboxylic acids is 1. The lowest BCUT2D eigenvalue weighted by Crippen LogP contribution is -2.34. The van der Waals surface area contributed by atoms with Gasteiger partial charge in [-0.1, -0.05) is 0 Å². The van der Waals surface area contributed by atoms with Crippen molar-refractivity contribution in [1.82, 2.24) is 5.32 Å². The molecule has 1 amide bonds. The highest BCUT2D eigenvalue weighted by Crippen LogP contribution is 2.14. The Morgan fingerprint density at radius 1 is 1.13 bits per heavy atom. The maximum atomic E-state index is 12.8. The summed E-state index contributed by atoms with van der Waals surface area (Å²) in [6, 6.07) is 10.5. The Morgan fingerprint density at radius 3 is 2.22 bits per heavy atom. The van der Waals surface area contributed by atoms with Crippen LogP contribution < -0.4 is 10.6 Å². The number of rotatable bonds is 3. The van der Waals surface area contributed by atoms with Crippen molar-refractivity contribution in [2.45, 2.75) is 4.90 Å². The van der Waals surface area contributed by atoms with E-state index in [0.29, 0.717) is 5.69 Å². The normalized spacial score (nSPS) is 13.0. The molecular weight excluding hydrogens is 341 g/mol. The maximum Gasteiger partial charge on any atom is 0.257 e. The van der Waals surface area contributed by atoms with E-state index in [1.54, 1.807) is 0 Å². The topological polar surface area (TPSA) is 102 Å². The Hall–Kier alpha value is -2.36. The number of thiocarbonyl (C=S) groups is 1. The number of nitrogens with one attached hydrogen (secondary N) is 3. The third-order valence-electron chi connectivity index (χ3n) is 2.77. The molecule has 1 unspecified atom stereocenters. The highest BCUT2D eigenvalue weighted by molar-refractivity contribution is 7.86. The van der Waals surface area contributed by atoms with Crippen molar-refractivity contribution < 1.29 is 17.9 Å². The molecule has 120 valence electrons. The number of hydrogen-bond donors (Lipinski definition) is 4. The molecule has 0 aliphatic carbocycles. The molecule has 0 saturated heterocycles. The van der Waals surface area contributed by atoms with Crippen LogP contribution in [0, 0.1) is 10.6 Å². The first-order chi connectivity index (χ1) is 10.8. The Morgan fingerprint density at radius 2 is 1.70 bits per heavy atom. The number of hydrogen-bond acceptors (Lipinski definition) is 4. The summed E-state index contributed by atoms with van der Waals surface area (Å²) in [5, 5.41) is 5.16. The van der Waals surface area contributed by atoms with E-state index in [-0.39, 0.29) is 15.6 Å². The van der Waals surface area contributed by atoms with Gasteiger partial charge >= 0.3 is 0 Å². The van der Waals surface area contributed by atoms with E-state index in [9.17, 15) is 13.4 Å². The van der Waals surface area contributed by atoms with E-state index in [0.717, 1.165) is 12.1 Å². The largest absolute Gasteiger partial charge is 0.332 e.